The standard InChI is InChI=1S/C18H19N3O2/c1-23-15-4-2-3-13(9-15)7-8-19-18(22)11-14-5-6-16-17(10-14)21-12-20-16/h2-6,9-10,12H,7-8,11H2,1H3,(H,19,22)(H,20,21). The number of methoxy groups -OCH3 is 1. The highest BCUT2D eigenvalue weighted by atomic mass is 16.5. The molecule has 118 valence electrons. The summed E-state index contributed by atoms with van der Waals surface area (Å²) in [5, 5.41) is 2.95. The van der Waals surface area contributed by atoms with Crippen LogP contribution in [0.1, 0.15) is 11.1 Å². The molecule has 0 saturated heterocycles. The SMILES string of the molecule is COc1cccc(CCNC(=O)Cc2ccc3nc[nH]c3c2)c1. The largest absolute Gasteiger partial charge is 0.497 e. The van der Waals surface area contributed by atoms with E-state index in [9.17, 15) is 4.79 Å². The number of imidazole rings is 1. The third-order valence-corrected chi connectivity index (χ3v) is 3.72. The Morgan fingerprint density at radius 2 is 2.13 bits per heavy atom. The van der Waals surface area contributed by atoms with E-state index >= 15 is 0 Å². The topological polar surface area (TPSA) is 67.0 Å². The van der Waals surface area contributed by atoms with Crippen molar-refractivity contribution in [2.75, 3.05) is 13.7 Å². The molecule has 1 heterocycles. The fourth-order valence-corrected chi connectivity index (χ4v) is 2.51. The Bertz CT molecular complexity index is 811. The number of hydrogen-bond donors (Lipinski definition) is 2. The summed E-state index contributed by atoms with van der Waals surface area (Å²) in [5.41, 5.74) is 3.98. The van der Waals surface area contributed by atoms with Gasteiger partial charge < -0.3 is 15.0 Å². The van der Waals surface area contributed by atoms with Crippen molar-refractivity contribution in [3.8, 4) is 5.75 Å². The number of carbonyl (C=O) groups excluding carboxylic acids is 1. The minimum Gasteiger partial charge on any atom is -0.497 e. The number of ether oxygens (including phenoxy) is 1. The minimum atomic E-state index is 0.0201. The maximum atomic E-state index is 12.0. The molecule has 0 atom stereocenters. The van der Waals surface area contributed by atoms with Gasteiger partial charge >= 0.3 is 0 Å². The van der Waals surface area contributed by atoms with Crippen molar-refractivity contribution >= 4 is 16.9 Å². The second-order valence-electron chi connectivity index (χ2n) is 5.38. The van der Waals surface area contributed by atoms with Crippen LogP contribution in [0.4, 0.5) is 0 Å². The van der Waals surface area contributed by atoms with Gasteiger partial charge in [-0.2, -0.15) is 0 Å². The Morgan fingerprint density at radius 3 is 3.00 bits per heavy atom. The molecule has 23 heavy (non-hydrogen) atoms. The van der Waals surface area contributed by atoms with Gasteiger partial charge in [0.2, 0.25) is 5.91 Å². The molecule has 5 heteroatoms. The molecular formula is C18H19N3O2. The highest BCUT2D eigenvalue weighted by Crippen LogP contribution is 2.13. The maximum Gasteiger partial charge on any atom is 0.224 e. The van der Waals surface area contributed by atoms with Gasteiger partial charge in [0.15, 0.2) is 0 Å². The van der Waals surface area contributed by atoms with Crippen LogP contribution in [0.15, 0.2) is 48.8 Å². The van der Waals surface area contributed by atoms with Crippen molar-refractivity contribution in [1.29, 1.82) is 0 Å². The van der Waals surface area contributed by atoms with Crippen LogP contribution in [0.2, 0.25) is 0 Å². The number of nitrogens with one attached hydrogen (secondary N) is 2. The number of fused-ring (bicyclic) bond motifs is 1. The van der Waals surface area contributed by atoms with Crippen LogP contribution in [0.3, 0.4) is 0 Å². The van der Waals surface area contributed by atoms with Crippen molar-refractivity contribution in [1.82, 2.24) is 15.3 Å². The Balaban J connectivity index is 1.51. The fourth-order valence-electron chi connectivity index (χ4n) is 2.51. The predicted octanol–water partition coefficient (Wildman–Crippen LogP) is 2.47. The maximum absolute atomic E-state index is 12.0. The Morgan fingerprint density at radius 1 is 1.22 bits per heavy atom. The third kappa shape index (κ3) is 3.88. The van der Waals surface area contributed by atoms with Crippen molar-refractivity contribution in [3.63, 3.8) is 0 Å². The van der Waals surface area contributed by atoms with Gasteiger partial charge in [0.25, 0.3) is 0 Å². The Hall–Kier alpha value is -2.82. The summed E-state index contributed by atoms with van der Waals surface area (Å²) in [6.07, 6.45) is 2.80. The van der Waals surface area contributed by atoms with Crippen LogP contribution in [0, 0.1) is 0 Å². The summed E-state index contributed by atoms with van der Waals surface area (Å²) in [6, 6.07) is 13.7. The summed E-state index contributed by atoms with van der Waals surface area (Å²) in [4.78, 5) is 19.3. The lowest BCUT2D eigenvalue weighted by Crippen LogP contribution is -2.27. The van der Waals surface area contributed by atoms with Crippen molar-refractivity contribution in [2.24, 2.45) is 0 Å². The molecule has 0 spiro atoms. The minimum absolute atomic E-state index is 0.0201. The van der Waals surface area contributed by atoms with E-state index in [0.29, 0.717) is 13.0 Å². The van der Waals surface area contributed by atoms with E-state index in [1.54, 1.807) is 13.4 Å². The Labute approximate surface area is 134 Å². The first kappa shape index (κ1) is 15.1. The van der Waals surface area contributed by atoms with Crippen molar-refractivity contribution in [3.05, 3.63) is 59.9 Å². The highest BCUT2D eigenvalue weighted by molar-refractivity contribution is 5.81. The number of nitrogens with zero attached hydrogens (tertiary/aromatic N) is 1. The van der Waals surface area contributed by atoms with Gasteiger partial charge in [0.1, 0.15) is 5.75 Å². The fraction of sp³-hybridized carbons (Fsp3) is 0.222. The summed E-state index contributed by atoms with van der Waals surface area (Å²) in [6.45, 7) is 0.609. The number of aromatic amines is 1. The van der Waals surface area contributed by atoms with E-state index in [4.69, 9.17) is 4.74 Å². The van der Waals surface area contributed by atoms with Gasteiger partial charge in [0.05, 0.1) is 30.9 Å². The molecule has 0 unspecified atom stereocenters. The van der Waals surface area contributed by atoms with E-state index < -0.39 is 0 Å². The van der Waals surface area contributed by atoms with Crippen molar-refractivity contribution < 1.29 is 9.53 Å². The van der Waals surface area contributed by atoms with Gasteiger partial charge in [-0.3, -0.25) is 4.79 Å². The summed E-state index contributed by atoms with van der Waals surface area (Å²) < 4.78 is 5.19. The van der Waals surface area contributed by atoms with E-state index in [1.807, 2.05) is 42.5 Å². The third-order valence-electron chi connectivity index (χ3n) is 3.72. The number of rotatable bonds is 6. The monoisotopic (exact) mass is 309 g/mol. The van der Waals surface area contributed by atoms with Crippen LogP contribution in [-0.2, 0) is 17.6 Å². The Kier molecular flexibility index (Phi) is 4.57. The molecule has 2 N–H and O–H groups in total. The van der Waals surface area contributed by atoms with Crippen LogP contribution < -0.4 is 10.1 Å². The number of hydrogen-bond acceptors (Lipinski definition) is 3. The van der Waals surface area contributed by atoms with E-state index in [0.717, 1.165) is 34.3 Å². The number of carbonyl (C=O) groups is 1. The molecule has 0 aliphatic rings. The summed E-state index contributed by atoms with van der Waals surface area (Å²) in [5.74, 6) is 0.855. The summed E-state index contributed by atoms with van der Waals surface area (Å²) in [7, 11) is 1.65. The molecule has 5 nitrogen and oxygen atoms in total. The average Bonchev–Trinajstić information content (AvgIpc) is 3.02. The first-order valence-corrected chi connectivity index (χ1v) is 7.56. The first-order valence-electron chi connectivity index (χ1n) is 7.56. The molecule has 0 aliphatic heterocycles. The van der Waals surface area contributed by atoms with Gasteiger partial charge in [-0.15, -0.1) is 0 Å². The number of aromatic nitrogens is 2. The van der Waals surface area contributed by atoms with Crippen LogP contribution in [0.25, 0.3) is 11.0 Å². The molecule has 3 rings (SSSR count). The average molecular weight is 309 g/mol. The quantitative estimate of drug-likeness (QED) is 0.735. The molecule has 1 aromatic heterocycles. The molecule has 0 saturated carbocycles. The zero-order valence-corrected chi connectivity index (χ0v) is 13.0. The normalized spacial score (nSPS) is 10.7. The molecular weight excluding hydrogens is 290 g/mol. The van der Waals surface area contributed by atoms with Gasteiger partial charge in [-0.1, -0.05) is 18.2 Å². The number of H-pyrrole nitrogens is 1. The van der Waals surface area contributed by atoms with E-state index in [1.165, 1.54) is 0 Å². The van der Waals surface area contributed by atoms with Crippen LogP contribution in [-0.4, -0.2) is 29.5 Å². The molecule has 2 aromatic carbocycles. The number of benzene rings is 2. The zero-order valence-electron chi connectivity index (χ0n) is 13.0. The lowest BCUT2D eigenvalue weighted by Gasteiger charge is -2.07. The highest BCUT2D eigenvalue weighted by Gasteiger charge is 2.05. The smallest absolute Gasteiger partial charge is 0.224 e. The first-order chi connectivity index (χ1) is 11.2. The molecule has 0 bridgehead atoms. The second kappa shape index (κ2) is 6.96. The number of amides is 1. The van der Waals surface area contributed by atoms with Gasteiger partial charge in [-0.05, 0) is 41.8 Å². The predicted molar refractivity (Wildman–Crippen MR) is 89.5 cm³/mol. The van der Waals surface area contributed by atoms with Gasteiger partial charge in [-0.25, -0.2) is 4.98 Å². The van der Waals surface area contributed by atoms with Gasteiger partial charge in [0, 0.05) is 6.54 Å². The molecule has 0 aliphatic carbocycles. The lowest BCUT2D eigenvalue weighted by molar-refractivity contribution is -0.120. The zero-order chi connectivity index (χ0) is 16.1. The van der Waals surface area contributed by atoms with E-state index in [2.05, 4.69) is 15.3 Å². The molecule has 1 amide bonds. The van der Waals surface area contributed by atoms with Crippen LogP contribution in [0.5, 0.6) is 5.75 Å². The van der Waals surface area contributed by atoms with Crippen LogP contribution >= 0.6 is 0 Å². The van der Waals surface area contributed by atoms with Crippen molar-refractivity contribution in [2.45, 2.75) is 12.8 Å². The second-order valence-corrected chi connectivity index (χ2v) is 5.38. The lowest BCUT2D eigenvalue weighted by atomic mass is 10.1. The van der Waals surface area contributed by atoms with E-state index in [-0.39, 0.29) is 5.91 Å². The molecule has 0 radical (unpaired) electrons. The molecule has 0 fully saturated rings. The summed E-state index contributed by atoms with van der Waals surface area (Å²) >= 11 is 0. The molecule has 3 aromatic rings.